The van der Waals surface area contributed by atoms with E-state index in [2.05, 4.69) is 5.92 Å². The lowest BCUT2D eigenvalue weighted by atomic mass is 10.2. The normalized spacial score (nSPS) is 10.8. The molecule has 1 aromatic rings. The molecule has 1 aromatic carbocycles. The summed E-state index contributed by atoms with van der Waals surface area (Å²) in [5.41, 5.74) is -0.296. The van der Waals surface area contributed by atoms with Crippen LogP contribution in [0.15, 0.2) is 17.0 Å². The molecule has 0 amide bonds. The smallest absolute Gasteiger partial charge is 0.339 e. The van der Waals surface area contributed by atoms with Gasteiger partial charge in [-0.3, -0.25) is 0 Å². The predicted molar refractivity (Wildman–Crippen MR) is 75.1 cm³/mol. The molecule has 0 aliphatic rings. The van der Waals surface area contributed by atoms with Gasteiger partial charge in [0.25, 0.3) is 0 Å². The maximum atomic E-state index is 12.2. The molecule has 0 radical (unpaired) electrons. The fourth-order valence-corrected chi connectivity index (χ4v) is 3.45. The molecule has 0 bridgehead atoms. The first-order valence-electron chi connectivity index (χ1n) is 5.60. The molecule has 0 spiro atoms. The van der Waals surface area contributed by atoms with Crippen molar-refractivity contribution < 1.29 is 23.1 Å². The van der Waals surface area contributed by atoms with Gasteiger partial charge in [-0.1, -0.05) is 11.6 Å². The highest BCUT2D eigenvalue weighted by molar-refractivity contribution is 7.91. The Kier molecular flexibility index (Phi) is 5.43. The largest absolute Gasteiger partial charge is 0.494 e. The highest BCUT2D eigenvalue weighted by Gasteiger charge is 2.25. The van der Waals surface area contributed by atoms with Crippen molar-refractivity contribution in [1.82, 2.24) is 0 Å². The zero-order valence-corrected chi connectivity index (χ0v) is 12.3. The number of benzene rings is 1. The Bertz CT molecular complexity index is 658. The molecule has 0 aliphatic carbocycles. The van der Waals surface area contributed by atoms with Gasteiger partial charge in [-0.15, -0.1) is 12.3 Å². The lowest BCUT2D eigenvalue weighted by Crippen LogP contribution is -2.11. The Labute approximate surface area is 122 Å². The minimum atomic E-state index is -3.72. The van der Waals surface area contributed by atoms with Crippen molar-refractivity contribution in [3.63, 3.8) is 0 Å². The SMILES string of the molecule is C#CCCCS(=O)(=O)c1cc(Cl)cc(C(=O)O)c1OC. The molecule has 0 aliphatic heterocycles. The molecular weight excluding hydrogens is 304 g/mol. The Balaban J connectivity index is 3.37. The Morgan fingerprint density at radius 3 is 2.65 bits per heavy atom. The van der Waals surface area contributed by atoms with Crippen LogP contribution >= 0.6 is 11.6 Å². The van der Waals surface area contributed by atoms with Crippen LogP contribution in [-0.4, -0.2) is 32.4 Å². The van der Waals surface area contributed by atoms with Crippen molar-refractivity contribution in [3.05, 3.63) is 22.7 Å². The van der Waals surface area contributed by atoms with Gasteiger partial charge in [0.2, 0.25) is 0 Å². The molecule has 0 saturated carbocycles. The number of halogens is 1. The summed E-state index contributed by atoms with van der Waals surface area (Å²) in [6.45, 7) is 0. The summed E-state index contributed by atoms with van der Waals surface area (Å²) < 4.78 is 29.4. The van der Waals surface area contributed by atoms with Crippen LogP contribution < -0.4 is 4.74 Å². The van der Waals surface area contributed by atoms with Gasteiger partial charge in [0.1, 0.15) is 10.5 Å². The lowest BCUT2D eigenvalue weighted by Gasteiger charge is -2.12. The maximum absolute atomic E-state index is 12.2. The van der Waals surface area contributed by atoms with E-state index in [1.807, 2.05) is 0 Å². The van der Waals surface area contributed by atoms with Crippen LogP contribution in [0.2, 0.25) is 5.02 Å². The summed E-state index contributed by atoms with van der Waals surface area (Å²) >= 11 is 5.77. The molecule has 7 heteroatoms. The first-order chi connectivity index (χ1) is 9.33. The second-order valence-electron chi connectivity index (χ2n) is 3.92. The Morgan fingerprint density at radius 2 is 2.15 bits per heavy atom. The summed E-state index contributed by atoms with van der Waals surface area (Å²) in [5.74, 6) is 0.609. The molecule has 0 heterocycles. The molecule has 0 aromatic heterocycles. The summed E-state index contributed by atoms with van der Waals surface area (Å²) in [5, 5.41) is 9.08. The van der Waals surface area contributed by atoms with E-state index < -0.39 is 15.8 Å². The maximum Gasteiger partial charge on any atom is 0.339 e. The number of carboxylic acid groups (broad SMARTS) is 1. The molecule has 20 heavy (non-hydrogen) atoms. The first kappa shape index (κ1) is 16.3. The molecule has 108 valence electrons. The molecule has 1 N–H and O–H groups in total. The minimum Gasteiger partial charge on any atom is -0.494 e. The number of aromatic carboxylic acids is 1. The number of ether oxygens (including phenoxy) is 1. The number of hydrogen-bond donors (Lipinski definition) is 1. The van der Waals surface area contributed by atoms with Gasteiger partial charge < -0.3 is 9.84 Å². The van der Waals surface area contributed by atoms with E-state index in [1.54, 1.807) is 0 Å². The average Bonchev–Trinajstić information content (AvgIpc) is 2.37. The molecule has 0 atom stereocenters. The van der Waals surface area contributed by atoms with Crippen LogP contribution in [0, 0.1) is 12.3 Å². The number of terminal acetylenes is 1. The second kappa shape index (κ2) is 6.64. The average molecular weight is 317 g/mol. The number of unbranched alkanes of at least 4 members (excludes halogenated alkanes) is 1. The zero-order chi connectivity index (χ0) is 15.3. The number of hydrogen-bond acceptors (Lipinski definition) is 4. The fraction of sp³-hybridized carbons (Fsp3) is 0.308. The number of carbonyl (C=O) groups is 1. The summed E-state index contributed by atoms with van der Waals surface area (Å²) in [4.78, 5) is 10.9. The van der Waals surface area contributed by atoms with Crippen LogP contribution in [0.5, 0.6) is 5.75 Å². The zero-order valence-electron chi connectivity index (χ0n) is 10.7. The summed E-state index contributed by atoms with van der Waals surface area (Å²) in [6.07, 6.45) is 5.66. The van der Waals surface area contributed by atoms with E-state index in [0.717, 1.165) is 6.07 Å². The van der Waals surface area contributed by atoms with Crippen LogP contribution in [-0.2, 0) is 9.84 Å². The van der Waals surface area contributed by atoms with Gasteiger partial charge >= 0.3 is 5.97 Å². The minimum absolute atomic E-state index is 0.0127. The topological polar surface area (TPSA) is 80.7 Å². The van der Waals surface area contributed by atoms with E-state index in [-0.39, 0.29) is 33.4 Å². The predicted octanol–water partition coefficient (Wildman–Crippen LogP) is 2.23. The van der Waals surface area contributed by atoms with Crippen molar-refractivity contribution in [3.8, 4) is 18.1 Å². The molecule has 0 unspecified atom stereocenters. The first-order valence-corrected chi connectivity index (χ1v) is 7.63. The van der Waals surface area contributed by atoms with E-state index in [9.17, 15) is 13.2 Å². The highest BCUT2D eigenvalue weighted by Crippen LogP contribution is 2.32. The number of sulfone groups is 1. The van der Waals surface area contributed by atoms with Crippen LogP contribution in [0.25, 0.3) is 0 Å². The lowest BCUT2D eigenvalue weighted by molar-refractivity contribution is 0.0693. The van der Waals surface area contributed by atoms with Crippen LogP contribution in [0.4, 0.5) is 0 Å². The number of carboxylic acids is 1. The summed E-state index contributed by atoms with van der Waals surface area (Å²) in [6, 6.07) is 2.32. The third-order valence-corrected chi connectivity index (χ3v) is 4.54. The Hall–Kier alpha value is -1.71. The van der Waals surface area contributed by atoms with Gasteiger partial charge in [0.05, 0.1) is 12.9 Å². The van der Waals surface area contributed by atoms with E-state index in [1.165, 1.54) is 13.2 Å². The third kappa shape index (κ3) is 3.65. The van der Waals surface area contributed by atoms with Crippen molar-refractivity contribution in [2.75, 3.05) is 12.9 Å². The van der Waals surface area contributed by atoms with Gasteiger partial charge in [0, 0.05) is 11.4 Å². The molecule has 0 saturated heterocycles. The number of methoxy groups -OCH3 is 1. The van der Waals surface area contributed by atoms with Gasteiger partial charge in [-0.05, 0) is 18.6 Å². The third-order valence-electron chi connectivity index (χ3n) is 2.52. The van der Waals surface area contributed by atoms with Gasteiger partial charge in [-0.2, -0.15) is 0 Å². The van der Waals surface area contributed by atoms with Crippen molar-refractivity contribution >= 4 is 27.4 Å². The Morgan fingerprint density at radius 1 is 1.50 bits per heavy atom. The van der Waals surface area contributed by atoms with Crippen molar-refractivity contribution in [2.45, 2.75) is 17.7 Å². The fourth-order valence-electron chi connectivity index (χ4n) is 1.64. The quantitative estimate of drug-likeness (QED) is 0.643. The highest BCUT2D eigenvalue weighted by atomic mass is 35.5. The monoisotopic (exact) mass is 316 g/mol. The van der Waals surface area contributed by atoms with E-state index >= 15 is 0 Å². The van der Waals surface area contributed by atoms with Gasteiger partial charge in [0.15, 0.2) is 15.6 Å². The van der Waals surface area contributed by atoms with Crippen molar-refractivity contribution in [1.29, 1.82) is 0 Å². The van der Waals surface area contributed by atoms with Crippen molar-refractivity contribution in [2.24, 2.45) is 0 Å². The van der Waals surface area contributed by atoms with Crippen LogP contribution in [0.3, 0.4) is 0 Å². The van der Waals surface area contributed by atoms with Crippen LogP contribution in [0.1, 0.15) is 23.2 Å². The van der Waals surface area contributed by atoms with E-state index in [0.29, 0.717) is 6.42 Å². The molecule has 5 nitrogen and oxygen atoms in total. The second-order valence-corrected chi connectivity index (χ2v) is 6.43. The molecular formula is C13H13ClO5S. The van der Waals surface area contributed by atoms with E-state index in [4.69, 9.17) is 27.9 Å². The summed E-state index contributed by atoms with van der Waals surface area (Å²) in [7, 11) is -2.52. The standard InChI is InChI=1S/C13H13ClO5S/c1-3-4-5-6-20(17,18)11-8-9(14)7-10(13(15)16)12(11)19-2/h1,7-8H,4-6H2,2H3,(H,15,16). The number of rotatable bonds is 6. The van der Waals surface area contributed by atoms with Gasteiger partial charge in [-0.25, -0.2) is 13.2 Å². The molecule has 1 rings (SSSR count). The molecule has 0 fully saturated rings.